The molecule has 6 rings (SSSR count). The highest BCUT2D eigenvalue weighted by Gasteiger charge is 2.52. The standard InChI is InChI=1S/C32H39N3O4/c1-34(39-4)32(36)27-21-35-18-17-26(27)30(33-20-24-19-25(37-2)15-16-28(24)38-3)31(35)29(22-11-7-5-8-12-22)23-13-9-6-10-14-23/h5-16,19,26-27,29-31,33H,17-18,20-21H2,1-4H3. The predicted molar refractivity (Wildman–Crippen MR) is 152 cm³/mol. The molecule has 3 aromatic rings. The minimum absolute atomic E-state index is 0.0346. The molecule has 3 saturated heterocycles. The Hall–Kier alpha value is -3.39. The third-order valence-corrected chi connectivity index (χ3v) is 8.52. The van der Waals surface area contributed by atoms with E-state index >= 15 is 0 Å². The number of piperidine rings is 3. The van der Waals surface area contributed by atoms with Crippen molar-refractivity contribution in [2.75, 3.05) is 41.5 Å². The summed E-state index contributed by atoms with van der Waals surface area (Å²) in [5, 5.41) is 5.30. The maximum Gasteiger partial charge on any atom is 0.250 e. The van der Waals surface area contributed by atoms with E-state index in [4.69, 9.17) is 14.3 Å². The molecule has 2 bridgehead atoms. The molecule has 3 aliphatic heterocycles. The highest BCUT2D eigenvalue weighted by Crippen LogP contribution is 2.45. The van der Waals surface area contributed by atoms with Crippen molar-refractivity contribution in [3.63, 3.8) is 0 Å². The van der Waals surface area contributed by atoms with Crippen LogP contribution < -0.4 is 14.8 Å². The van der Waals surface area contributed by atoms with Crippen molar-refractivity contribution in [3.05, 3.63) is 95.6 Å². The number of amides is 1. The Morgan fingerprint density at radius 2 is 1.64 bits per heavy atom. The topological polar surface area (TPSA) is 63.3 Å². The zero-order valence-corrected chi connectivity index (χ0v) is 23.2. The second-order valence-corrected chi connectivity index (χ2v) is 10.4. The van der Waals surface area contributed by atoms with Crippen molar-refractivity contribution in [2.45, 2.75) is 31.0 Å². The van der Waals surface area contributed by atoms with Crippen LogP contribution in [0.15, 0.2) is 78.9 Å². The van der Waals surface area contributed by atoms with Gasteiger partial charge in [-0.25, -0.2) is 5.06 Å². The predicted octanol–water partition coefficient (Wildman–Crippen LogP) is 4.33. The lowest BCUT2D eigenvalue weighted by Gasteiger charge is -2.57. The molecular weight excluding hydrogens is 490 g/mol. The molecule has 3 fully saturated rings. The maximum absolute atomic E-state index is 13.4. The summed E-state index contributed by atoms with van der Waals surface area (Å²) in [6, 6.07) is 27.6. The molecule has 7 nitrogen and oxygen atoms in total. The first-order valence-corrected chi connectivity index (χ1v) is 13.7. The Bertz CT molecular complexity index is 1200. The lowest BCUT2D eigenvalue weighted by molar-refractivity contribution is -0.182. The second-order valence-electron chi connectivity index (χ2n) is 10.4. The van der Waals surface area contributed by atoms with Gasteiger partial charge in [0.1, 0.15) is 11.5 Å². The van der Waals surface area contributed by atoms with Crippen LogP contribution in [0.3, 0.4) is 0 Å². The lowest BCUT2D eigenvalue weighted by Crippen LogP contribution is -2.69. The first-order valence-electron chi connectivity index (χ1n) is 13.7. The van der Waals surface area contributed by atoms with Crippen LogP contribution in [0.5, 0.6) is 11.5 Å². The number of carbonyl (C=O) groups excluding carboxylic acids is 1. The zero-order valence-electron chi connectivity index (χ0n) is 23.2. The van der Waals surface area contributed by atoms with Crippen LogP contribution in [0, 0.1) is 11.8 Å². The minimum Gasteiger partial charge on any atom is -0.497 e. The molecule has 0 spiro atoms. The number of ether oxygens (including phenoxy) is 2. The first-order chi connectivity index (χ1) is 19.0. The van der Waals surface area contributed by atoms with Gasteiger partial charge in [-0.2, -0.15) is 0 Å². The van der Waals surface area contributed by atoms with Crippen LogP contribution in [0.2, 0.25) is 0 Å². The monoisotopic (exact) mass is 529 g/mol. The number of benzene rings is 3. The van der Waals surface area contributed by atoms with Crippen LogP contribution in [-0.2, 0) is 16.2 Å². The van der Waals surface area contributed by atoms with Gasteiger partial charge >= 0.3 is 0 Å². The fourth-order valence-electron chi connectivity index (χ4n) is 6.61. The quantitative estimate of drug-likeness (QED) is 0.395. The van der Waals surface area contributed by atoms with Gasteiger partial charge < -0.3 is 14.8 Å². The van der Waals surface area contributed by atoms with Crippen LogP contribution >= 0.6 is 0 Å². The lowest BCUT2D eigenvalue weighted by atomic mass is 9.66. The molecule has 5 unspecified atom stereocenters. The van der Waals surface area contributed by atoms with Crippen LogP contribution in [-0.4, -0.2) is 69.4 Å². The third kappa shape index (κ3) is 5.53. The summed E-state index contributed by atoms with van der Waals surface area (Å²) < 4.78 is 11.2. The van der Waals surface area contributed by atoms with E-state index in [9.17, 15) is 4.79 Å². The van der Waals surface area contributed by atoms with Gasteiger partial charge in [0.05, 0.1) is 27.2 Å². The molecule has 206 valence electrons. The van der Waals surface area contributed by atoms with Gasteiger partial charge in [-0.15, -0.1) is 0 Å². The van der Waals surface area contributed by atoms with Crippen molar-refractivity contribution in [1.29, 1.82) is 0 Å². The minimum atomic E-state index is -0.142. The normalized spacial score (nSPS) is 24.0. The van der Waals surface area contributed by atoms with E-state index < -0.39 is 0 Å². The number of hydrogen-bond acceptors (Lipinski definition) is 6. The Balaban J connectivity index is 1.55. The summed E-state index contributed by atoms with van der Waals surface area (Å²) in [5.41, 5.74) is 3.59. The Labute approximate surface area is 231 Å². The SMILES string of the molecule is COc1ccc(OC)c(CNC2C3CCN(CC3C(=O)N(C)OC)C2C(c2ccccc2)c2ccccc2)c1. The van der Waals surface area contributed by atoms with E-state index in [-0.39, 0.29) is 35.7 Å². The first kappa shape index (κ1) is 27.2. The number of carbonyl (C=O) groups is 1. The highest BCUT2D eigenvalue weighted by atomic mass is 16.7. The number of nitrogens with one attached hydrogen (secondary N) is 1. The summed E-state index contributed by atoms with van der Waals surface area (Å²) in [4.78, 5) is 21.3. The molecule has 1 amide bonds. The van der Waals surface area contributed by atoms with E-state index in [0.717, 1.165) is 36.6 Å². The molecule has 5 atom stereocenters. The van der Waals surface area contributed by atoms with Crippen LogP contribution in [0.4, 0.5) is 0 Å². The van der Waals surface area contributed by atoms with Gasteiger partial charge in [0.2, 0.25) is 0 Å². The molecule has 3 aliphatic rings. The van der Waals surface area contributed by atoms with Crippen molar-refractivity contribution >= 4 is 5.91 Å². The second kappa shape index (κ2) is 12.2. The van der Waals surface area contributed by atoms with E-state index in [0.29, 0.717) is 6.54 Å². The number of nitrogens with zero attached hydrogens (tertiary/aromatic N) is 2. The summed E-state index contributed by atoms with van der Waals surface area (Å²) in [6.07, 6.45) is 0.952. The summed E-state index contributed by atoms with van der Waals surface area (Å²) in [6.45, 7) is 2.29. The number of hydroxylamine groups is 2. The molecule has 3 aromatic carbocycles. The Morgan fingerprint density at radius 1 is 0.974 bits per heavy atom. The van der Waals surface area contributed by atoms with E-state index in [1.807, 2.05) is 18.2 Å². The fraction of sp³-hybridized carbons (Fsp3) is 0.406. The Morgan fingerprint density at radius 3 is 2.23 bits per heavy atom. The van der Waals surface area contributed by atoms with Crippen molar-refractivity contribution < 1.29 is 19.1 Å². The largest absolute Gasteiger partial charge is 0.497 e. The van der Waals surface area contributed by atoms with Crippen molar-refractivity contribution in [2.24, 2.45) is 11.8 Å². The summed E-state index contributed by atoms with van der Waals surface area (Å²) in [5.74, 6) is 1.81. The Kier molecular flexibility index (Phi) is 8.50. The molecular formula is C32H39N3O4. The smallest absolute Gasteiger partial charge is 0.250 e. The highest BCUT2D eigenvalue weighted by molar-refractivity contribution is 5.78. The fourth-order valence-corrected chi connectivity index (χ4v) is 6.61. The van der Waals surface area contributed by atoms with Crippen molar-refractivity contribution in [3.8, 4) is 11.5 Å². The van der Waals surface area contributed by atoms with Gasteiger partial charge in [-0.1, -0.05) is 60.7 Å². The van der Waals surface area contributed by atoms with E-state index in [1.165, 1.54) is 16.2 Å². The molecule has 39 heavy (non-hydrogen) atoms. The number of methoxy groups -OCH3 is 2. The number of rotatable bonds is 10. The number of fused-ring (bicyclic) bond motifs is 3. The van der Waals surface area contributed by atoms with Crippen molar-refractivity contribution in [1.82, 2.24) is 15.3 Å². The van der Waals surface area contributed by atoms with Crippen LogP contribution in [0.1, 0.15) is 29.0 Å². The average molecular weight is 530 g/mol. The summed E-state index contributed by atoms with van der Waals surface area (Å²) >= 11 is 0. The van der Waals surface area contributed by atoms with E-state index in [2.05, 4.69) is 70.9 Å². The molecule has 0 radical (unpaired) electrons. The van der Waals surface area contributed by atoms with Gasteiger partial charge in [-0.05, 0) is 48.2 Å². The third-order valence-electron chi connectivity index (χ3n) is 8.52. The van der Waals surface area contributed by atoms with E-state index in [1.54, 1.807) is 28.4 Å². The van der Waals surface area contributed by atoms with Crippen LogP contribution in [0.25, 0.3) is 0 Å². The zero-order chi connectivity index (χ0) is 27.4. The van der Waals surface area contributed by atoms with Gasteiger partial charge in [-0.3, -0.25) is 14.5 Å². The number of hydrogen-bond donors (Lipinski definition) is 1. The molecule has 3 heterocycles. The van der Waals surface area contributed by atoms with Gasteiger partial charge in [0.25, 0.3) is 5.91 Å². The van der Waals surface area contributed by atoms with Gasteiger partial charge in [0, 0.05) is 43.7 Å². The molecule has 7 heteroatoms. The maximum atomic E-state index is 13.4. The molecule has 0 saturated carbocycles. The average Bonchev–Trinajstić information content (AvgIpc) is 3.00. The molecule has 1 N–H and O–H groups in total. The molecule has 0 aliphatic carbocycles. The summed E-state index contributed by atoms with van der Waals surface area (Å²) in [7, 11) is 6.62. The molecule has 0 aromatic heterocycles. The van der Waals surface area contributed by atoms with Gasteiger partial charge in [0.15, 0.2) is 0 Å².